The maximum Gasteiger partial charge on any atom is 0.213 e. The van der Waals surface area contributed by atoms with Crippen molar-refractivity contribution >= 4 is 5.96 Å². The lowest BCUT2D eigenvalue weighted by Gasteiger charge is -2.22. The number of rotatable bonds is 6. The van der Waals surface area contributed by atoms with Gasteiger partial charge in [-0.05, 0) is 37.3 Å². The number of pyridine rings is 1. The van der Waals surface area contributed by atoms with Crippen LogP contribution in [0.1, 0.15) is 43.5 Å². The number of nitrogens with one attached hydrogen (secondary N) is 2. The van der Waals surface area contributed by atoms with Gasteiger partial charge in [-0.3, -0.25) is 9.67 Å². The molecule has 0 spiro atoms. The Bertz CT molecular complexity index is 722. The fourth-order valence-corrected chi connectivity index (χ4v) is 3.03. The second kappa shape index (κ2) is 9.17. The molecule has 2 N–H and O–H groups in total. The summed E-state index contributed by atoms with van der Waals surface area (Å²) in [6.45, 7) is 1.20. The molecule has 0 atom stereocenters. The maximum atomic E-state index is 6.04. The van der Waals surface area contributed by atoms with Gasteiger partial charge in [0.15, 0.2) is 5.96 Å². The minimum atomic E-state index is 0.306. The van der Waals surface area contributed by atoms with Crippen LogP contribution < -0.4 is 15.4 Å². The molecule has 1 saturated carbocycles. The molecule has 2 aromatic heterocycles. The van der Waals surface area contributed by atoms with Gasteiger partial charge in [-0.15, -0.1) is 0 Å². The lowest BCUT2D eigenvalue weighted by molar-refractivity contribution is 0.148. The van der Waals surface area contributed by atoms with Gasteiger partial charge >= 0.3 is 0 Å². The summed E-state index contributed by atoms with van der Waals surface area (Å²) >= 11 is 0. The highest BCUT2D eigenvalue weighted by atomic mass is 16.5. The van der Waals surface area contributed by atoms with Crippen LogP contribution in [0.4, 0.5) is 0 Å². The van der Waals surface area contributed by atoms with Gasteiger partial charge in [0.1, 0.15) is 18.3 Å². The fourth-order valence-electron chi connectivity index (χ4n) is 3.03. The van der Waals surface area contributed by atoms with E-state index in [1.807, 2.05) is 19.2 Å². The van der Waals surface area contributed by atoms with E-state index in [1.165, 1.54) is 25.6 Å². The number of hydrogen-bond acceptors (Lipinski definition) is 5. The molecule has 26 heavy (non-hydrogen) atoms. The maximum absolute atomic E-state index is 6.04. The van der Waals surface area contributed by atoms with Gasteiger partial charge in [-0.25, -0.2) is 9.97 Å². The third kappa shape index (κ3) is 5.18. The Balaban J connectivity index is 1.49. The zero-order chi connectivity index (χ0) is 18.2. The quantitative estimate of drug-likeness (QED) is 0.605. The number of guanidine groups is 1. The summed E-state index contributed by atoms with van der Waals surface area (Å²) in [4.78, 5) is 12.8. The van der Waals surface area contributed by atoms with Gasteiger partial charge in [0.2, 0.25) is 5.88 Å². The van der Waals surface area contributed by atoms with Crippen molar-refractivity contribution in [2.45, 2.75) is 51.3 Å². The first-order valence-electron chi connectivity index (χ1n) is 9.13. The van der Waals surface area contributed by atoms with E-state index in [9.17, 15) is 0 Å². The molecule has 8 heteroatoms. The highest BCUT2D eigenvalue weighted by Crippen LogP contribution is 2.22. The molecule has 1 fully saturated rings. The van der Waals surface area contributed by atoms with Crippen molar-refractivity contribution in [3.05, 3.63) is 36.0 Å². The molecule has 2 aromatic rings. The van der Waals surface area contributed by atoms with Gasteiger partial charge in [0, 0.05) is 32.9 Å². The molecule has 0 unspecified atom stereocenters. The van der Waals surface area contributed by atoms with Gasteiger partial charge in [0.05, 0.1) is 6.54 Å². The van der Waals surface area contributed by atoms with Crippen molar-refractivity contribution in [3.8, 4) is 5.88 Å². The van der Waals surface area contributed by atoms with E-state index in [1.54, 1.807) is 17.9 Å². The van der Waals surface area contributed by atoms with Crippen LogP contribution in [0.5, 0.6) is 5.88 Å². The molecule has 0 aliphatic heterocycles. The lowest BCUT2D eigenvalue weighted by atomic mass is 9.98. The van der Waals surface area contributed by atoms with Crippen molar-refractivity contribution < 1.29 is 4.74 Å². The van der Waals surface area contributed by atoms with Crippen LogP contribution >= 0.6 is 0 Å². The van der Waals surface area contributed by atoms with Crippen molar-refractivity contribution in [2.24, 2.45) is 12.0 Å². The third-order valence-electron chi connectivity index (χ3n) is 4.54. The first-order valence-corrected chi connectivity index (χ1v) is 9.13. The second-order valence-electron chi connectivity index (χ2n) is 6.46. The first kappa shape index (κ1) is 18.2. The highest BCUT2D eigenvalue weighted by Gasteiger charge is 2.15. The van der Waals surface area contributed by atoms with Crippen LogP contribution in [0.3, 0.4) is 0 Å². The van der Waals surface area contributed by atoms with E-state index in [0.29, 0.717) is 31.0 Å². The Morgan fingerprint density at radius 2 is 2.04 bits per heavy atom. The normalized spacial score (nSPS) is 15.7. The average Bonchev–Trinajstić information content (AvgIpc) is 3.08. The largest absolute Gasteiger partial charge is 0.474 e. The lowest BCUT2D eigenvalue weighted by Crippen LogP contribution is -2.37. The van der Waals surface area contributed by atoms with Crippen LogP contribution in [0.25, 0.3) is 0 Å². The summed E-state index contributed by atoms with van der Waals surface area (Å²) in [7, 11) is 3.61. The molecule has 0 aromatic carbocycles. The van der Waals surface area contributed by atoms with Gasteiger partial charge < -0.3 is 15.4 Å². The minimum absolute atomic E-state index is 0.306. The summed E-state index contributed by atoms with van der Waals surface area (Å²) in [5, 5.41) is 10.6. The predicted molar refractivity (Wildman–Crippen MR) is 99.8 cm³/mol. The van der Waals surface area contributed by atoms with Gasteiger partial charge in [-0.1, -0.05) is 6.42 Å². The molecule has 1 aliphatic rings. The smallest absolute Gasteiger partial charge is 0.213 e. The third-order valence-corrected chi connectivity index (χ3v) is 4.54. The van der Waals surface area contributed by atoms with E-state index in [-0.39, 0.29) is 0 Å². The molecular weight excluding hydrogens is 330 g/mol. The van der Waals surface area contributed by atoms with E-state index < -0.39 is 0 Å². The molecule has 0 amide bonds. The zero-order valence-electron chi connectivity index (χ0n) is 15.5. The molecular formula is C18H27N7O. The average molecular weight is 357 g/mol. The molecule has 0 saturated heterocycles. The Kier molecular flexibility index (Phi) is 6.40. The van der Waals surface area contributed by atoms with Crippen molar-refractivity contribution in [1.29, 1.82) is 0 Å². The Morgan fingerprint density at radius 1 is 1.23 bits per heavy atom. The van der Waals surface area contributed by atoms with Gasteiger partial charge in [0.25, 0.3) is 0 Å². The molecule has 0 radical (unpaired) electrons. The molecule has 8 nitrogen and oxygen atoms in total. The summed E-state index contributed by atoms with van der Waals surface area (Å²) in [5.41, 5.74) is 1.10. The number of nitrogens with zero attached hydrogens (tertiary/aromatic N) is 5. The van der Waals surface area contributed by atoms with Crippen molar-refractivity contribution in [3.63, 3.8) is 0 Å². The van der Waals surface area contributed by atoms with E-state index in [2.05, 4.69) is 30.7 Å². The molecule has 3 rings (SSSR count). The second-order valence-corrected chi connectivity index (χ2v) is 6.46. The van der Waals surface area contributed by atoms with E-state index in [4.69, 9.17) is 4.74 Å². The molecule has 1 aliphatic carbocycles. The number of aromatic nitrogens is 4. The molecule has 0 bridgehead atoms. The Hall–Kier alpha value is -2.64. The standard InChI is InChI=1S/C18H27N7O/c1-19-18(22-12-16-23-13-24-25(16)2)21-11-14-8-9-20-17(10-14)26-15-6-4-3-5-7-15/h8-10,13,15H,3-7,11-12H2,1-2H3,(H2,19,21,22). The molecule has 2 heterocycles. The summed E-state index contributed by atoms with van der Waals surface area (Å²) in [6.07, 6.45) is 9.71. The highest BCUT2D eigenvalue weighted by molar-refractivity contribution is 5.79. The van der Waals surface area contributed by atoms with Crippen LogP contribution in [0.15, 0.2) is 29.6 Å². The van der Waals surface area contributed by atoms with Crippen molar-refractivity contribution in [1.82, 2.24) is 30.4 Å². The van der Waals surface area contributed by atoms with E-state index in [0.717, 1.165) is 24.2 Å². The monoisotopic (exact) mass is 357 g/mol. The Morgan fingerprint density at radius 3 is 2.77 bits per heavy atom. The number of hydrogen-bond donors (Lipinski definition) is 2. The number of aliphatic imine (C=N–C) groups is 1. The van der Waals surface area contributed by atoms with Crippen LogP contribution in [-0.4, -0.2) is 38.9 Å². The fraction of sp³-hybridized carbons (Fsp3) is 0.556. The van der Waals surface area contributed by atoms with E-state index >= 15 is 0 Å². The zero-order valence-corrected chi connectivity index (χ0v) is 15.5. The Labute approximate surface area is 154 Å². The molecule has 140 valence electrons. The number of aryl methyl sites for hydroxylation is 1. The summed E-state index contributed by atoms with van der Waals surface area (Å²) < 4.78 is 7.77. The van der Waals surface area contributed by atoms with Crippen LogP contribution in [-0.2, 0) is 20.1 Å². The van der Waals surface area contributed by atoms with Crippen LogP contribution in [0.2, 0.25) is 0 Å². The summed E-state index contributed by atoms with van der Waals surface area (Å²) in [5.74, 6) is 2.26. The minimum Gasteiger partial charge on any atom is -0.474 e. The van der Waals surface area contributed by atoms with Crippen LogP contribution in [0, 0.1) is 0 Å². The van der Waals surface area contributed by atoms with Crippen molar-refractivity contribution in [2.75, 3.05) is 7.05 Å². The SMILES string of the molecule is CN=C(NCc1ccnc(OC2CCCCC2)c1)NCc1ncnn1C. The predicted octanol–water partition coefficient (Wildman–Crippen LogP) is 1.79. The van der Waals surface area contributed by atoms with Gasteiger partial charge in [-0.2, -0.15) is 5.10 Å². The first-order chi connectivity index (χ1) is 12.7. The number of ether oxygens (including phenoxy) is 1. The summed E-state index contributed by atoms with van der Waals surface area (Å²) in [6, 6.07) is 3.98. The topological polar surface area (TPSA) is 89.2 Å².